The number of hydrogen-bond donors (Lipinski definition) is 0. The van der Waals surface area contributed by atoms with E-state index < -0.39 is 6.10 Å². The Kier molecular flexibility index (Phi) is 46.5. The van der Waals surface area contributed by atoms with Gasteiger partial charge in [-0.3, -0.25) is 9.59 Å². The van der Waals surface area contributed by atoms with Gasteiger partial charge < -0.3 is 14.2 Å². The van der Waals surface area contributed by atoms with Gasteiger partial charge in [0.1, 0.15) is 6.61 Å². The number of carbonyl (C=O) groups is 2. The highest BCUT2D eigenvalue weighted by molar-refractivity contribution is 5.70. The molecule has 5 nitrogen and oxygen atoms in total. The maximum atomic E-state index is 12.7. The number of carbonyl (C=O) groups excluding carboxylic acids is 2. The molecule has 0 aromatic rings. The summed E-state index contributed by atoms with van der Waals surface area (Å²) < 4.78 is 17.3. The van der Waals surface area contributed by atoms with Crippen LogP contribution in [0.4, 0.5) is 0 Å². The van der Waals surface area contributed by atoms with Crippen molar-refractivity contribution in [3.63, 3.8) is 0 Å². The lowest BCUT2D eigenvalue weighted by Gasteiger charge is -2.18. The monoisotopic (exact) mass is 809 g/mol. The van der Waals surface area contributed by atoms with Crippen LogP contribution in [0.15, 0.2) is 72.9 Å². The van der Waals surface area contributed by atoms with Gasteiger partial charge in [0.05, 0.1) is 6.61 Å². The summed E-state index contributed by atoms with van der Waals surface area (Å²) in [6.45, 7) is 7.61. The van der Waals surface area contributed by atoms with Gasteiger partial charge in [0, 0.05) is 19.4 Å². The van der Waals surface area contributed by atoms with Gasteiger partial charge in [-0.2, -0.15) is 0 Å². The number of ether oxygens (including phenoxy) is 3. The zero-order valence-electron chi connectivity index (χ0n) is 38.3. The standard InChI is InChI=1S/C53H92O5/c1-4-7-10-13-16-19-22-24-25-26-27-28-30-33-36-39-42-45-48-56-49-51(58-53(55)47-44-41-38-35-31-21-18-15-12-9-6-3)50-57-52(54)46-43-40-37-34-32-29-23-20-17-14-11-8-5-2/h7,10,15-16,18-20,23-25,27-28,51H,4-6,8-9,11-14,17,21-22,26,29-50H2,1-3H3/b10-7-,18-15-,19-16-,23-20-,25-24-,28-27-. The molecule has 0 aromatic heterocycles. The molecular weight excluding hydrogens is 717 g/mol. The highest BCUT2D eigenvalue weighted by Gasteiger charge is 2.17. The number of hydrogen-bond acceptors (Lipinski definition) is 5. The quantitative estimate of drug-likeness (QED) is 0.0348. The van der Waals surface area contributed by atoms with E-state index in [0.717, 1.165) is 96.3 Å². The SMILES string of the molecule is CC/C=C\C/C=C\C/C=C\C/C=C\CCCCCCCOCC(COC(=O)CCCCCCC/C=C\CCCCCC)OC(=O)CCCCCCC/C=C\CCCC. The first kappa shape index (κ1) is 55.3. The summed E-state index contributed by atoms with van der Waals surface area (Å²) in [6, 6.07) is 0. The molecule has 0 saturated heterocycles. The Bertz CT molecular complexity index is 1050. The van der Waals surface area contributed by atoms with Crippen LogP contribution in [-0.2, 0) is 23.8 Å². The van der Waals surface area contributed by atoms with E-state index in [1.807, 2.05) is 0 Å². The molecule has 1 atom stereocenters. The Morgan fingerprint density at radius 2 is 0.793 bits per heavy atom. The highest BCUT2D eigenvalue weighted by Crippen LogP contribution is 2.13. The summed E-state index contributed by atoms with van der Waals surface area (Å²) in [6.07, 6.45) is 61.9. The Morgan fingerprint density at radius 3 is 1.31 bits per heavy atom. The number of allylic oxidation sites excluding steroid dienone is 12. The molecule has 58 heavy (non-hydrogen) atoms. The van der Waals surface area contributed by atoms with Gasteiger partial charge in [-0.05, 0) is 103 Å². The molecule has 0 N–H and O–H groups in total. The normalized spacial score (nSPS) is 12.8. The molecule has 0 amide bonds. The van der Waals surface area contributed by atoms with Crippen molar-refractivity contribution in [1.29, 1.82) is 0 Å². The minimum absolute atomic E-state index is 0.0679. The van der Waals surface area contributed by atoms with E-state index in [1.54, 1.807) is 0 Å². The second kappa shape index (κ2) is 48.7. The maximum Gasteiger partial charge on any atom is 0.306 e. The third kappa shape index (κ3) is 46.0. The highest BCUT2D eigenvalue weighted by atomic mass is 16.6. The molecule has 0 saturated carbocycles. The van der Waals surface area contributed by atoms with E-state index in [1.165, 1.54) is 96.3 Å². The fourth-order valence-corrected chi connectivity index (χ4v) is 6.53. The number of esters is 2. The largest absolute Gasteiger partial charge is 0.462 e. The van der Waals surface area contributed by atoms with E-state index in [0.29, 0.717) is 19.4 Å². The Labute approximate surface area is 359 Å². The van der Waals surface area contributed by atoms with Crippen molar-refractivity contribution in [2.75, 3.05) is 19.8 Å². The van der Waals surface area contributed by atoms with Crippen LogP contribution in [0.3, 0.4) is 0 Å². The molecule has 0 rings (SSSR count). The lowest BCUT2D eigenvalue weighted by atomic mass is 10.1. The molecule has 0 spiro atoms. The maximum absolute atomic E-state index is 12.7. The van der Waals surface area contributed by atoms with Crippen LogP contribution in [-0.4, -0.2) is 37.9 Å². The first-order chi connectivity index (χ1) is 28.6. The Morgan fingerprint density at radius 1 is 0.397 bits per heavy atom. The summed E-state index contributed by atoms with van der Waals surface area (Å²) in [7, 11) is 0. The summed E-state index contributed by atoms with van der Waals surface area (Å²) in [4.78, 5) is 25.3. The topological polar surface area (TPSA) is 61.8 Å². The van der Waals surface area contributed by atoms with E-state index in [2.05, 4.69) is 93.7 Å². The summed E-state index contributed by atoms with van der Waals surface area (Å²) in [5.41, 5.74) is 0. The Hall–Kier alpha value is -2.66. The second-order valence-corrected chi connectivity index (χ2v) is 16.0. The molecule has 5 heteroatoms. The Balaban J connectivity index is 4.30. The third-order valence-electron chi connectivity index (χ3n) is 10.2. The fourth-order valence-electron chi connectivity index (χ4n) is 6.53. The molecular formula is C53H92O5. The molecule has 0 aliphatic rings. The molecule has 0 aliphatic carbocycles. The van der Waals surface area contributed by atoms with Crippen molar-refractivity contribution in [3.8, 4) is 0 Å². The smallest absolute Gasteiger partial charge is 0.306 e. The molecule has 334 valence electrons. The van der Waals surface area contributed by atoms with Crippen molar-refractivity contribution >= 4 is 11.9 Å². The van der Waals surface area contributed by atoms with Crippen molar-refractivity contribution < 1.29 is 23.8 Å². The van der Waals surface area contributed by atoms with Crippen LogP contribution < -0.4 is 0 Å². The van der Waals surface area contributed by atoms with Crippen molar-refractivity contribution in [3.05, 3.63) is 72.9 Å². The first-order valence-electron chi connectivity index (χ1n) is 24.5. The number of rotatable bonds is 44. The predicted octanol–water partition coefficient (Wildman–Crippen LogP) is 16.3. The van der Waals surface area contributed by atoms with Crippen LogP contribution in [0.2, 0.25) is 0 Å². The number of unbranched alkanes of at least 4 members (excludes halogenated alkanes) is 21. The lowest BCUT2D eigenvalue weighted by molar-refractivity contribution is -0.163. The molecule has 0 fully saturated rings. The van der Waals surface area contributed by atoms with Crippen LogP contribution in [0.25, 0.3) is 0 Å². The van der Waals surface area contributed by atoms with Gasteiger partial charge in [-0.25, -0.2) is 0 Å². The minimum atomic E-state index is -0.554. The third-order valence-corrected chi connectivity index (χ3v) is 10.2. The summed E-state index contributed by atoms with van der Waals surface area (Å²) in [5.74, 6) is -0.430. The van der Waals surface area contributed by atoms with Gasteiger partial charge >= 0.3 is 11.9 Å². The van der Waals surface area contributed by atoms with E-state index >= 15 is 0 Å². The van der Waals surface area contributed by atoms with Crippen molar-refractivity contribution in [1.82, 2.24) is 0 Å². The van der Waals surface area contributed by atoms with Gasteiger partial charge in [0.15, 0.2) is 6.10 Å². The minimum Gasteiger partial charge on any atom is -0.462 e. The first-order valence-corrected chi connectivity index (χ1v) is 24.5. The molecule has 0 bridgehead atoms. The van der Waals surface area contributed by atoms with Crippen molar-refractivity contribution in [2.24, 2.45) is 0 Å². The molecule has 1 unspecified atom stereocenters. The van der Waals surface area contributed by atoms with E-state index in [4.69, 9.17) is 14.2 Å². The van der Waals surface area contributed by atoms with Gasteiger partial charge in [0.2, 0.25) is 0 Å². The van der Waals surface area contributed by atoms with Gasteiger partial charge in [-0.15, -0.1) is 0 Å². The van der Waals surface area contributed by atoms with Crippen LogP contribution in [0.5, 0.6) is 0 Å². The fraction of sp³-hybridized carbons (Fsp3) is 0.736. The average molecular weight is 809 g/mol. The van der Waals surface area contributed by atoms with Gasteiger partial charge in [-0.1, -0.05) is 184 Å². The predicted molar refractivity (Wildman–Crippen MR) is 251 cm³/mol. The molecule has 0 heterocycles. The van der Waals surface area contributed by atoms with Crippen LogP contribution >= 0.6 is 0 Å². The zero-order chi connectivity index (χ0) is 42.1. The molecule has 0 aliphatic heterocycles. The van der Waals surface area contributed by atoms with Crippen molar-refractivity contribution in [2.45, 2.75) is 232 Å². The molecule has 0 aromatic carbocycles. The summed E-state index contributed by atoms with van der Waals surface area (Å²) in [5, 5.41) is 0. The average Bonchev–Trinajstić information content (AvgIpc) is 3.22. The van der Waals surface area contributed by atoms with Crippen LogP contribution in [0, 0.1) is 0 Å². The second-order valence-electron chi connectivity index (χ2n) is 16.0. The zero-order valence-corrected chi connectivity index (χ0v) is 38.3. The van der Waals surface area contributed by atoms with E-state index in [9.17, 15) is 9.59 Å². The lowest BCUT2D eigenvalue weighted by Crippen LogP contribution is -2.30. The van der Waals surface area contributed by atoms with Crippen LogP contribution in [0.1, 0.15) is 226 Å². The van der Waals surface area contributed by atoms with E-state index in [-0.39, 0.29) is 25.2 Å². The molecule has 0 radical (unpaired) electrons. The summed E-state index contributed by atoms with van der Waals surface area (Å²) >= 11 is 0. The van der Waals surface area contributed by atoms with Gasteiger partial charge in [0.25, 0.3) is 0 Å².